The van der Waals surface area contributed by atoms with E-state index >= 15 is 0 Å². The number of fused-ring (bicyclic) bond motifs is 3. The summed E-state index contributed by atoms with van der Waals surface area (Å²) in [5, 5.41) is 4.51. The lowest BCUT2D eigenvalue weighted by atomic mass is 10.1. The van der Waals surface area contributed by atoms with E-state index in [2.05, 4.69) is 15.3 Å². The molecule has 0 radical (unpaired) electrons. The van der Waals surface area contributed by atoms with Gasteiger partial charge in [-0.1, -0.05) is 18.2 Å². The van der Waals surface area contributed by atoms with Gasteiger partial charge in [0.1, 0.15) is 16.5 Å². The number of benzene rings is 1. The summed E-state index contributed by atoms with van der Waals surface area (Å²) in [5.74, 6) is 0.486. The Morgan fingerprint density at radius 1 is 1.23 bits per heavy atom. The molecule has 0 unspecified atom stereocenters. The van der Waals surface area contributed by atoms with E-state index in [-0.39, 0.29) is 11.1 Å². The van der Waals surface area contributed by atoms with Gasteiger partial charge >= 0.3 is 0 Å². The van der Waals surface area contributed by atoms with Crippen molar-refractivity contribution in [2.45, 2.75) is 25.8 Å². The number of thiophene rings is 1. The molecule has 0 saturated heterocycles. The van der Waals surface area contributed by atoms with Crippen LogP contribution < -0.4 is 5.32 Å². The summed E-state index contributed by atoms with van der Waals surface area (Å²) in [6.45, 7) is 0.375. The lowest BCUT2D eigenvalue weighted by Gasteiger charge is -2.09. The molecule has 2 heterocycles. The van der Waals surface area contributed by atoms with Gasteiger partial charge in [0.2, 0.25) is 5.28 Å². The molecule has 112 valence electrons. The number of nitrogens with one attached hydrogen (secondary N) is 1. The minimum Gasteiger partial charge on any atom is -0.365 e. The van der Waals surface area contributed by atoms with Gasteiger partial charge < -0.3 is 5.32 Å². The molecule has 3 aromatic rings. The van der Waals surface area contributed by atoms with E-state index in [1.807, 2.05) is 6.07 Å². The zero-order chi connectivity index (χ0) is 15.1. The maximum absolute atomic E-state index is 13.7. The molecule has 0 spiro atoms. The van der Waals surface area contributed by atoms with Crippen LogP contribution in [0.4, 0.5) is 10.2 Å². The predicted molar refractivity (Wildman–Crippen MR) is 88.2 cm³/mol. The normalized spacial score (nSPS) is 13.5. The molecular formula is C16H13ClFN3S. The first-order chi connectivity index (χ1) is 10.7. The summed E-state index contributed by atoms with van der Waals surface area (Å²) in [4.78, 5) is 10.9. The molecule has 1 N–H and O–H groups in total. The summed E-state index contributed by atoms with van der Waals surface area (Å²) < 4.78 is 13.7. The lowest BCUT2D eigenvalue weighted by molar-refractivity contribution is 0.613. The Morgan fingerprint density at radius 3 is 2.95 bits per heavy atom. The highest BCUT2D eigenvalue weighted by Gasteiger charge is 2.22. The Bertz CT molecular complexity index is 862. The summed E-state index contributed by atoms with van der Waals surface area (Å²) in [7, 11) is 0. The van der Waals surface area contributed by atoms with Crippen LogP contribution in [-0.2, 0) is 19.4 Å². The topological polar surface area (TPSA) is 37.8 Å². The van der Waals surface area contributed by atoms with Crippen LogP contribution in [0.15, 0.2) is 24.3 Å². The van der Waals surface area contributed by atoms with Crippen molar-refractivity contribution >= 4 is 39.0 Å². The third-order valence-corrected chi connectivity index (χ3v) is 5.30. The van der Waals surface area contributed by atoms with E-state index in [1.165, 1.54) is 22.9 Å². The highest BCUT2D eigenvalue weighted by Crippen LogP contribution is 2.40. The van der Waals surface area contributed by atoms with E-state index in [0.717, 1.165) is 23.1 Å². The zero-order valence-electron chi connectivity index (χ0n) is 11.7. The predicted octanol–water partition coefficient (Wildman–Crippen LogP) is 4.58. The summed E-state index contributed by atoms with van der Waals surface area (Å²) >= 11 is 7.72. The first-order valence-corrected chi connectivity index (χ1v) is 8.37. The number of nitrogens with zero attached hydrogens (tertiary/aromatic N) is 2. The van der Waals surface area contributed by atoms with Gasteiger partial charge in [-0.2, -0.15) is 0 Å². The average Bonchev–Trinajstić information content (AvgIpc) is 3.06. The molecule has 1 aliphatic rings. The first-order valence-electron chi connectivity index (χ1n) is 7.17. The highest BCUT2D eigenvalue weighted by molar-refractivity contribution is 7.19. The van der Waals surface area contributed by atoms with Crippen molar-refractivity contribution in [1.29, 1.82) is 0 Å². The van der Waals surface area contributed by atoms with E-state index in [0.29, 0.717) is 17.9 Å². The van der Waals surface area contributed by atoms with Crippen molar-refractivity contribution in [3.05, 3.63) is 51.4 Å². The van der Waals surface area contributed by atoms with Gasteiger partial charge in [-0.05, 0) is 42.5 Å². The third-order valence-electron chi connectivity index (χ3n) is 3.94. The van der Waals surface area contributed by atoms with Gasteiger partial charge in [-0.3, -0.25) is 0 Å². The SMILES string of the molecule is Fc1ccccc1CNc1nc(Cl)nc2sc3c(c12)CCC3. The summed E-state index contributed by atoms with van der Waals surface area (Å²) in [5.41, 5.74) is 1.94. The largest absolute Gasteiger partial charge is 0.365 e. The van der Waals surface area contributed by atoms with Crippen LogP contribution in [0.25, 0.3) is 10.2 Å². The molecule has 1 aliphatic carbocycles. The van der Waals surface area contributed by atoms with Gasteiger partial charge in [-0.25, -0.2) is 14.4 Å². The Balaban J connectivity index is 1.73. The smallest absolute Gasteiger partial charge is 0.225 e. The monoisotopic (exact) mass is 333 g/mol. The second kappa shape index (κ2) is 5.48. The van der Waals surface area contributed by atoms with Crippen molar-refractivity contribution < 1.29 is 4.39 Å². The lowest BCUT2D eigenvalue weighted by Crippen LogP contribution is -2.04. The second-order valence-electron chi connectivity index (χ2n) is 5.32. The van der Waals surface area contributed by atoms with Crippen LogP contribution in [0.2, 0.25) is 5.28 Å². The van der Waals surface area contributed by atoms with Gasteiger partial charge in [0.05, 0.1) is 5.39 Å². The summed E-state index contributed by atoms with van der Waals surface area (Å²) in [6.07, 6.45) is 3.32. The molecule has 0 saturated carbocycles. The van der Waals surface area contributed by atoms with Gasteiger partial charge in [0, 0.05) is 17.0 Å². The fraction of sp³-hybridized carbons (Fsp3) is 0.250. The van der Waals surface area contributed by atoms with E-state index in [9.17, 15) is 4.39 Å². The molecule has 0 fully saturated rings. The maximum atomic E-state index is 13.7. The van der Waals surface area contributed by atoms with Crippen molar-refractivity contribution in [3.63, 3.8) is 0 Å². The average molecular weight is 334 g/mol. The standard InChI is InChI=1S/C16H13ClFN3S/c17-16-20-14(19-8-9-4-1-2-6-11(9)18)13-10-5-3-7-12(10)22-15(13)21-16/h1-2,4,6H,3,5,7-8H2,(H,19,20,21). The van der Waals surface area contributed by atoms with E-state index in [4.69, 9.17) is 11.6 Å². The molecule has 3 nitrogen and oxygen atoms in total. The number of hydrogen-bond donors (Lipinski definition) is 1. The molecule has 0 bridgehead atoms. The number of anilines is 1. The van der Waals surface area contributed by atoms with Crippen molar-refractivity contribution in [2.75, 3.05) is 5.32 Å². The van der Waals surface area contributed by atoms with E-state index < -0.39 is 0 Å². The maximum Gasteiger partial charge on any atom is 0.225 e. The second-order valence-corrected chi connectivity index (χ2v) is 6.75. The first kappa shape index (κ1) is 13.9. The number of aromatic nitrogens is 2. The minimum absolute atomic E-state index is 0.220. The van der Waals surface area contributed by atoms with Crippen LogP contribution in [0, 0.1) is 5.82 Å². The molecule has 22 heavy (non-hydrogen) atoms. The van der Waals surface area contributed by atoms with Gasteiger partial charge in [0.15, 0.2) is 0 Å². The highest BCUT2D eigenvalue weighted by atomic mass is 35.5. The number of rotatable bonds is 3. The summed E-state index contributed by atoms with van der Waals surface area (Å²) in [6, 6.07) is 6.73. The number of halogens is 2. The molecule has 0 aliphatic heterocycles. The van der Waals surface area contributed by atoms with Gasteiger partial charge in [0.25, 0.3) is 0 Å². The van der Waals surface area contributed by atoms with Crippen molar-refractivity contribution in [2.24, 2.45) is 0 Å². The van der Waals surface area contributed by atoms with E-state index in [1.54, 1.807) is 23.5 Å². The number of hydrogen-bond acceptors (Lipinski definition) is 4. The fourth-order valence-electron chi connectivity index (χ4n) is 2.92. The van der Waals surface area contributed by atoms with Crippen molar-refractivity contribution in [1.82, 2.24) is 9.97 Å². The van der Waals surface area contributed by atoms with Gasteiger partial charge in [-0.15, -0.1) is 11.3 Å². The number of aryl methyl sites for hydroxylation is 2. The van der Waals surface area contributed by atoms with Crippen LogP contribution in [-0.4, -0.2) is 9.97 Å². The molecule has 2 aromatic heterocycles. The Kier molecular flexibility index (Phi) is 3.47. The molecule has 6 heteroatoms. The third kappa shape index (κ3) is 2.34. The molecule has 0 atom stereocenters. The molecular weight excluding hydrogens is 321 g/mol. The Hall–Kier alpha value is -1.72. The molecule has 0 amide bonds. The minimum atomic E-state index is -0.220. The fourth-order valence-corrected chi connectivity index (χ4v) is 4.40. The zero-order valence-corrected chi connectivity index (χ0v) is 13.3. The molecule has 4 rings (SSSR count). The Morgan fingerprint density at radius 2 is 2.09 bits per heavy atom. The molecule has 1 aromatic carbocycles. The van der Waals surface area contributed by atoms with Crippen molar-refractivity contribution in [3.8, 4) is 0 Å². The van der Waals surface area contributed by atoms with Crippen LogP contribution >= 0.6 is 22.9 Å². The quantitative estimate of drug-likeness (QED) is 0.713. The van der Waals surface area contributed by atoms with Crippen LogP contribution in [0.5, 0.6) is 0 Å². The van der Waals surface area contributed by atoms with Crippen LogP contribution in [0.3, 0.4) is 0 Å². The Labute approximate surface area is 136 Å². The van der Waals surface area contributed by atoms with Crippen LogP contribution in [0.1, 0.15) is 22.4 Å².